The summed E-state index contributed by atoms with van der Waals surface area (Å²) in [4.78, 5) is 23.4. The molecule has 0 spiro atoms. The van der Waals surface area contributed by atoms with Crippen LogP contribution in [0.1, 0.15) is 111 Å². The lowest BCUT2D eigenvalue weighted by molar-refractivity contribution is -0.153. The highest BCUT2D eigenvalue weighted by molar-refractivity contribution is 5.77. The summed E-state index contributed by atoms with van der Waals surface area (Å²) in [6, 6.07) is 0. The molecule has 0 aromatic carbocycles. The smallest absolute Gasteiger partial charge is 0.306 e. The Kier molecular flexibility index (Phi) is 16.7. The van der Waals surface area contributed by atoms with E-state index in [2.05, 4.69) is 20.8 Å². The van der Waals surface area contributed by atoms with E-state index >= 15 is 0 Å². The van der Waals surface area contributed by atoms with Gasteiger partial charge in [-0.2, -0.15) is 0 Å². The average Bonchev–Trinajstić information content (AvgIpc) is 2.58. The zero-order valence-corrected chi connectivity index (χ0v) is 17.7. The Hall–Kier alpha value is -1.06. The van der Waals surface area contributed by atoms with Crippen LogP contribution in [0.2, 0.25) is 0 Å². The molecule has 0 radical (unpaired) electrons. The van der Waals surface area contributed by atoms with Crippen LogP contribution < -0.4 is 0 Å². The van der Waals surface area contributed by atoms with Crippen molar-refractivity contribution in [3.63, 3.8) is 0 Å². The highest BCUT2D eigenvalue weighted by Crippen LogP contribution is 2.11. The van der Waals surface area contributed by atoms with Gasteiger partial charge < -0.3 is 9.47 Å². The number of hydrogen-bond donors (Lipinski definition) is 0. The van der Waals surface area contributed by atoms with Crippen molar-refractivity contribution < 1.29 is 19.1 Å². The first-order valence-corrected chi connectivity index (χ1v) is 10.8. The second-order valence-corrected chi connectivity index (χ2v) is 7.82. The highest BCUT2D eigenvalue weighted by Gasteiger charge is 2.12. The molecule has 0 aliphatic heterocycles. The molecule has 0 bridgehead atoms. The van der Waals surface area contributed by atoms with E-state index in [0.717, 1.165) is 32.1 Å². The minimum absolute atomic E-state index is 0.0744. The molecule has 0 fully saturated rings. The molecule has 0 aliphatic carbocycles. The summed E-state index contributed by atoms with van der Waals surface area (Å²) >= 11 is 0. The predicted molar refractivity (Wildman–Crippen MR) is 107 cm³/mol. The van der Waals surface area contributed by atoms with Gasteiger partial charge in [0.2, 0.25) is 0 Å². The summed E-state index contributed by atoms with van der Waals surface area (Å²) in [5, 5.41) is 0. The SMILES string of the molecule is CCCCCCCCCCOC(=O)CCC(=O)OC(C)CCCC(C)C. The number of ether oxygens (including phenoxy) is 2. The van der Waals surface area contributed by atoms with Gasteiger partial charge in [0.1, 0.15) is 0 Å². The zero-order chi connectivity index (χ0) is 19.6. The molecule has 1 unspecified atom stereocenters. The van der Waals surface area contributed by atoms with Crippen molar-refractivity contribution in [3.05, 3.63) is 0 Å². The second kappa shape index (κ2) is 17.4. The summed E-state index contributed by atoms with van der Waals surface area (Å²) < 4.78 is 10.5. The fourth-order valence-corrected chi connectivity index (χ4v) is 2.85. The third-order valence-corrected chi connectivity index (χ3v) is 4.52. The van der Waals surface area contributed by atoms with E-state index in [-0.39, 0.29) is 30.9 Å². The van der Waals surface area contributed by atoms with Gasteiger partial charge in [-0.25, -0.2) is 0 Å². The molecule has 0 N–H and O–H groups in total. The lowest BCUT2D eigenvalue weighted by atomic mass is 10.0. The Morgan fingerprint density at radius 2 is 1.31 bits per heavy atom. The summed E-state index contributed by atoms with van der Waals surface area (Å²) in [7, 11) is 0. The van der Waals surface area contributed by atoms with Gasteiger partial charge in [0.15, 0.2) is 0 Å². The summed E-state index contributed by atoms with van der Waals surface area (Å²) in [6.07, 6.45) is 13.0. The van der Waals surface area contributed by atoms with Gasteiger partial charge in [0.25, 0.3) is 0 Å². The number of carbonyl (C=O) groups is 2. The number of hydrogen-bond acceptors (Lipinski definition) is 4. The van der Waals surface area contributed by atoms with Crippen LogP contribution in [0.3, 0.4) is 0 Å². The predicted octanol–water partition coefficient (Wildman–Crippen LogP) is 6.21. The summed E-state index contributed by atoms with van der Waals surface area (Å²) in [6.45, 7) is 8.99. The Labute approximate surface area is 161 Å². The molecule has 4 nitrogen and oxygen atoms in total. The number of rotatable bonds is 17. The molecule has 0 aromatic rings. The van der Waals surface area contributed by atoms with Crippen LogP contribution in [0.15, 0.2) is 0 Å². The molecular weight excluding hydrogens is 328 g/mol. The van der Waals surface area contributed by atoms with Crippen molar-refractivity contribution in [2.24, 2.45) is 5.92 Å². The van der Waals surface area contributed by atoms with Crippen LogP contribution >= 0.6 is 0 Å². The van der Waals surface area contributed by atoms with E-state index in [9.17, 15) is 9.59 Å². The lowest BCUT2D eigenvalue weighted by Gasteiger charge is -2.13. The molecule has 0 heterocycles. The van der Waals surface area contributed by atoms with Crippen LogP contribution in [-0.4, -0.2) is 24.6 Å². The largest absolute Gasteiger partial charge is 0.466 e. The van der Waals surface area contributed by atoms with E-state index in [1.165, 1.54) is 38.5 Å². The van der Waals surface area contributed by atoms with Crippen molar-refractivity contribution >= 4 is 11.9 Å². The van der Waals surface area contributed by atoms with Crippen LogP contribution in [0, 0.1) is 5.92 Å². The van der Waals surface area contributed by atoms with Crippen molar-refractivity contribution in [3.8, 4) is 0 Å². The molecule has 0 amide bonds. The quantitative estimate of drug-likeness (QED) is 0.226. The molecule has 0 aromatic heterocycles. The molecular formula is C22H42O4. The standard InChI is InChI=1S/C22H42O4/c1-5-6-7-8-9-10-11-12-18-25-21(23)16-17-22(24)26-20(4)15-13-14-19(2)3/h19-20H,5-18H2,1-4H3. The molecule has 26 heavy (non-hydrogen) atoms. The fraction of sp³-hybridized carbons (Fsp3) is 0.909. The van der Waals surface area contributed by atoms with Crippen molar-refractivity contribution in [1.29, 1.82) is 0 Å². The lowest BCUT2D eigenvalue weighted by Crippen LogP contribution is -2.16. The minimum Gasteiger partial charge on any atom is -0.466 e. The Balaban J connectivity index is 3.50. The molecule has 4 heteroatoms. The average molecular weight is 371 g/mol. The Bertz CT molecular complexity index is 352. The topological polar surface area (TPSA) is 52.6 Å². The molecule has 0 rings (SSSR count). The van der Waals surface area contributed by atoms with Crippen molar-refractivity contribution in [2.45, 2.75) is 117 Å². The molecule has 1 atom stereocenters. The Morgan fingerprint density at radius 1 is 0.731 bits per heavy atom. The molecule has 0 saturated carbocycles. The number of carbonyl (C=O) groups excluding carboxylic acids is 2. The van der Waals surface area contributed by atoms with Gasteiger partial charge in [0, 0.05) is 0 Å². The highest BCUT2D eigenvalue weighted by atomic mass is 16.5. The van der Waals surface area contributed by atoms with E-state index in [1.54, 1.807) is 0 Å². The third-order valence-electron chi connectivity index (χ3n) is 4.52. The van der Waals surface area contributed by atoms with E-state index in [1.807, 2.05) is 6.92 Å². The minimum atomic E-state index is -0.300. The van der Waals surface area contributed by atoms with Gasteiger partial charge in [-0.3, -0.25) is 9.59 Å². The first-order valence-electron chi connectivity index (χ1n) is 10.8. The molecule has 154 valence electrons. The third kappa shape index (κ3) is 17.8. The molecule has 0 saturated heterocycles. The monoisotopic (exact) mass is 370 g/mol. The number of esters is 2. The van der Waals surface area contributed by atoms with Crippen molar-refractivity contribution in [2.75, 3.05) is 6.61 Å². The van der Waals surface area contributed by atoms with Gasteiger partial charge in [0.05, 0.1) is 25.6 Å². The fourth-order valence-electron chi connectivity index (χ4n) is 2.85. The van der Waals surface area contributed by atoms with Gasteiger partial charge in [-0.1, -0.05) is 72.1 Å². The Morgan fingerprint density at radius 3 is 1.92 bits per heavy atom. The maximum atomic E-state index is 11.7. The molecule has 0 aliphatic rings. The van der Waals surface area contributed by atoms with Crippen LogP contribution in [0.25, 0.3) is 0 Å². The summed E-state index contributed by atoms with van der Waals surface area (Å²) in [5.41, 5.74) is 0. The van der Waals surface area contributed by atoms with Crippen LogP contribution in [0.4, 0.5) is 0 Å². The second-order valence-electron chi connectivity index (χ2n) is 7.82. The van der Waals surface area contributed by atoms with Crippen molar-refractivity contribution in [1.82, 2.24) is 0 Å². The van der Waals surface area contributed by atoms with Gasteiger partial charge in [-0.05, 0) is 32.1 Å². The van der Waals surface area contributed by atoms with Crippen LogP contribution in [0.5, 0.6) is 0 Å². The first kappa shape index (κ1) is 24.9. The van der Waals surface area contributed by atoms with E-state index < -0.39 is 0 Å². The van der Waals surface area contributed by atoms with Gasteiger partial charge in [-0.15, -0.1) is 0 Å². The van der Waals surface area contributed by atoms with E-state index in [4.69, 9.17) is 9.47 Å². The van der Waals surface area contributed by atoms with E-state index in [0.29, 0.717) is 12.5 Å². The summed E-state index contributed by atoms with van der Waals surface area (Å²) in [5.74, 6) is 0.0807. The maximum Gasteiger partial charge on any atom is 0.306 e. The van der Waals surface area contributed by atoms with Gasteiger partial charge >= 0.3 is 11.9 Å². The zero-order valence-electron chi connectivity index (χ0n) is 17.7. The number of unbranched alkanes of at least 4 members (excludes halogenated alkanes) is 7. The first-order chi connectivity index (χ1) is 12.5. The normalized spacial score (nSPS) is 12.2. The maximum absolute atomic E-state index is 11.7. The van der Waals surface area contributed by atoms with Crippen LogP contribution in [-0.2, 0) is 19.1 Å².